The first kappa shape index (κ1) is 20.2. The monoisotopic (exact) mass is 602 g/mol. The molecule has 2 aromatic rings. The van der Waals surface area contributed by atoms with Gasteiger partial charge < -0.3 is 4.74 Å². The Morgan fingerprint density at radius 1 is 1.22 bits per heavy atom. The van der Waals surface area contributed by atoms with E-state index in [9.17, 15) is 14.9 Å². The highest BCUT2D eigenvalue weighted by Gasteiger charge is 2.31. The van der Waals surface area contributed by atoms with Gasteiger partial charge in [0.15, 0.2) is 0 Å². The van der Waals surface area contributed by atoms with Crippen LogP contribution in [-0.4, -0.2) is 23.1 Å². The maximum absolute atomic E-state index is 12.0. The van der Waals surface area contributed by atoms with Crippen LogP contribution in [0.4, 0.5) is 4.79 Å². The van der Waals surface area contributed by atoms with Gasteiger partial charge in [0.2, 0.25) is 0 Å². The maximum atomic E-state index is 12.0. The van der Waals surface area contributed by atoms with E-state index in [-0.39, 0.29) is 11.1 Å². The zero-order valence-electron chi connectivity index (χ0n) is 14.0. The molecular formula is C19H12I2N2O3S. The smallest absolute Gasteiger partial charge is 0.293 e. The van der Waals surface area contributed by atoms with E-state index in [1.807, 2.05) is 30.3 Å². The van der Waals surface area contributed by atoms with Gasteiger partial charge in [-0.1, -0.05) is 18.2 Å². The van der Waals surface area contributed by atoms with Crippen molar-refractivity contribution in [3.05, 3.63) is 65.1 Å². The molecular weight excluding hydrogens is 590 g/mol. The van der Waals surface area contributed by atoms with Crippen molar-refractivity contribution >= 4 is 74.2 Å². The summed E-state index contributed by atoms with van der Waals surface area (Å²) in [5.41, 5.74) is 2.24. The molecule has 0 unspecified atom stereocenters. The molecule has 0 spiro atoms. The minimum atomic E-state index is -0.288. The van der Waals surface area contributed by atoms with Gasteiger partial charge in [0.1, 0.15) is 12.4 Å². The van der Waals surface area contributed by atoms with Gasteiger partial charge in [-0.05, 0) is 86.8 Å². The van der Waals surface area contributed by atoms with Gasteiger partial charge in [-0.15, -0.1) is 0 Å². The number of amides is 2. The Morgan fingerprint density at radius 2 is 1.89 bits per heavy atom. The molecule has 0 aromatic heterocycles. The lowest BCUT2D eigenvalue weighted by atomic mass is 10.1. The molecule has 0 N–H and O–H groups in total. The van der Waals surface area contributed by atoms with Crippen molar-refractivity contribution in [2.45, 2.75) is 6.61 Å². The minimum absolute atomic E-state index is 0.272. The summed E-state index contributed by atoms with van der Waals surface area (Å²) in [5.74, 6) is 0.438. The van der Waals surface area contributed by atoms with Crippen LogP contribution in [0.15, 0.2) is 41.3 Å². The molecule has 1 fully saturated rings. The summed E-state index contributed by atoms with van der Waals surface area (Å²) < 4.78 is 7.73. The molecule has 1 heterocycles. The number of nitriles is 1. The van der Waals surface area contributed by atoms with Crippen molar-refractivity contribution in [2.75, 3.05) is 7.05 Å². The van der Waals surface area contributed by atoms with Gasteiger partial charge in [0, 0.05) is 12.6 Å². The van der Waals surface area contributed by atoms with Crippen molar-refractivity contribution in [1.29, 1.82) is 5.26 Å². The third-order valence-corrected chi connectivity index (χ3v) is 6.38. The summed E-state index contributed by atoms with van der Waals surface area (Å²) in [5, 5.41) is 8.91. The fraction of sp³-hybridized carbons (Fsp3) is 0.105. The number of ether oxygens (including phenoxy) is 1. The number of halogens is 2. The molecule has 2 amide bonds. The lowest BCUT2D eigenvalue weighted by Crippen LogP contribution is -2.22. The second-order valence-electron chi connectivity index (χ2n) is 5.61. The minimum Gasteiger partial charge on any atom is -0.487 e. The third-order valence-electron chi connectivity index (χ3n) is 3.81. The fourth-order valence-electron chi connectivity index (χ4n) is 2.40. The maximum Gasteiger partial charge on any atom is 0.293 e. The van der Waals surface area contributed by atoms with Crippen molar-refractivity contribution < 1.29 is 14.3 Å². The van der Waals surface area contributed by atoms with E-state index in [1.165, 1.54) is 7.05 Å². The predicted molar refractivity (Wildman–Crippen MR) is 121 cm³/mol. The number of carbonyl (C=O) groups excluding carboxylic acids is 2. The lowest BCUT2D eigenvalue weighted by Gasteiger charge is -2.12. The topological polar surface area (TPSA) is 70.4 Å². The number of imide groups is 1. The second-order valence-corrected chi connectivity index (χ2v) is 8.93. The van der Waals surface area contributed by atoms with E-state index < -0.39 is 0 Å². The standard InChI is InChI=1S/C19H12I2N2O3S/c1-23-18(24)16(27-19(23)25)8-11-6-14(20)17(15(21)7-11)26-10-13-5-3-2-4-12(13)9-22/h2-8H,10H2,1H3/b16-8-. The van der Waals surface area contributed by atoms with Crippen LogP contribution in [-0.2, 0) is 11.4 Å². The van der Waals surface area contributed by atoms with Crippen LogP contribution in [0.3, 0.4) is 0 Å². The Kier molecular flexibility index (Phi) is 6.44. The van der Waals surface area contributed by atoms with Crippen LogP contribution in [0.25, 0.3) is 6.08 Å². The SMILES string of the molecule is CN1C(=O)S/C(=C\c2cc(I)c(OCc3ccccc3C#N)c(I)c2)C1=O. The normalized spacial score (nSPS) is 15.3. The van der Waals surface area contributed by atoms with E-state index in [4.69, 9.17) is 4.74 Å². The Hall–Kier alpha value is -1.58. The van der Waals surface area contributed by atoms with Crippen LogP contribution in [0.2, 0.25) is 0 Å². The molecule has 8 heteroatoms. The highest BCUT2D eigenvalue weighted by molar-refractivity contribution is 14.1. The first-order valence-corrected chi connectivity index (χ1v) is 10.7. The van der Waals surface area contributed by atoms with Crippen molar-refractivity contribution in [3.8, 4) is 11.8 Å². The predicted octanol–water partition coefficient (Wildman–Crippen LogP) is 5.01. The van der Waals surface area contributed by atoms with E-state index in [0.717, 1.165) is 40.7 Å². The molecule has 0 saturated carbocycles. The zero-order chi connectivity index (χ0) is 19.6. The number of hydrogen-bond donors (Lipinski definition) is 0. The lowest BCUT2D eigenvalue weighted by molar-refractivity contribution is -0.121. The van der Waals surface area contributed by atoms with Crippen LogP contribution in [0, 0.1) is 18.5 Å². The summed E-state index contributed by atoms with van der Waals surface area (Å²) in [6, 6.07) is 13.3. The zero-order valence-corrected chi connectivity index (χ0v) is 19.2. The van der Waals surface area contributed by atoms with Crippen LogP contribution in [0.5, 0.6) is 5.75 Å². The number of likely N-dealkylation sites (N-methyl/N-ethyl adjacent to an activating group) is 1. The summed E-state index contributed by atoms with van der Waals surface area (Å²) in [7, 11) is 1.47. The Balaban J connectivity index is 1.83. The van der Waals surface area contributed by atoms with Gasteiger partial charge in [0.25, 0.3) is 11.1 Å². The van der Waals surface area contributed by atoms with Crippen LogP contribution >= 0.6 is 56.9 Å². The quantitative estimate of drug-likeness (QED) is 0.364. The van der Waals surface area contributed by atoms with Crippen molar-refractivity contribution in [1.82, 2.24) is 4.90 Å². The van der Waals surface area contributed by atoms with Gasteiger partial charge >= 0.3 is 0 Å². The summed E-state index contributed by atoms with van der Waals surface area (Å²) in [6.45, 7) is 0.295. The summed E-state index contributed by atoms with van der Waals surface area (Å²) >= 11 is 5.29. The third kappa shape index (κ3) is 4.47. The Bertz CT molecular complexity index is 991. The van der Waals surface area contributed by atoms with E-state index in [0.29, 0.717) is 17.1 Å². The highest BCUT2D eigenvalue weighted by atomic mass is 127. The Morgan fingerprint density at radius 3 is 2.48 bits per heavy atom. The Labute approximate surface area is 188 Å². The van der Waals surface area contributed by atoms with Crippen molar-refractivity contribution in [3.63, 3.8) is 0 Å². The van der Waals surface area contributed by atoms with Crippen molar-refractivity contribution in [2.24, 2.45) is 0 Å². The molecule has 136 valence electrons. The molecule has 1 aliphatic rings. The molecule has 27 heavy (non-hydrogen) atoms. The van der Waals surface area contributed by atoms with Gasteiger partial charge in [-0.2, -0.15) is 5.26 Å². The number of hydrogen-bond acceptors (Lipinski definition) is 5. The first-order chi connectivity index (χ1) is 12.9. The molecule has 3 rings (SSSR count). The summed E-state index contributed by atoms with van der Waals surface area (Å²) in [4.78, 5) is 25.2. The number of thioether (sulfide) groups is 1. The first-order valence-electron chi connectivity index (χ1n) is 7.72. The fourth-order valence-corrected chi connectivity index (χ4v) is 5.36. The largest absolute Gasteiger partial charge is 0.487 e. The highest BCUT2D eigenvalue weighted by Crippen LogP contribution is 2.34. The van der Waals surface area contributed by atoms with Crippen LogP contribution < -0.4 is 4.74 Å². The molecule has 0 aliphatic carbocycles. The van der Waals surface area contributed by atoms with E-state index in [1.54, 1.807) is 12.1 Å². The number of rotatable bonds is 4. The molecule has 1 saturated heterocycles. The molecule has 5 nitrogen and oxygen atoms in total. The second kappa shape index (κ2) is 8.62. The van der Waals surface area contributed by atoms with Gasteiger partial charge in [-0.3, -0.25) is 14.5 Å². The molecule has 0 radical (unpaired) electrons. The molecule has 2 aromatic carbocycles. The average Bonchev–Trinajstić information content (AvgIpc) is 2.88. The van der Waals surface area contributed by atoms with Crippen LogP contribution in [0.1, 0.15) is 16.7 Å². The summed E-state index contributed by atoms with van der Waals surface area (Å²) in [6.07, 6.45) is 1.72. The van der Waals surface area contributed by atoms with Gasteiger partial charge in [-0.25, -0.2) is 0 Å². The molecule has 1 aliphatic heterocycles. The van der Waals surface area contributed by atoms with E-state index >= 15 is 0 Å². The van der Waals surface area contributed by atoms with E-state index in [2.05, 4.69) is 51.3 Å². The average molecular weight is 602 g/mol. The number of nitrogens with zero attached hydrogens (tertiary/aromatic N) is 2. The molecule has 0 bridgehead atoms. The number of benzene rings is 2. The number of carbonyl (C=O) groups is 2. The molecule has 0 atom stereocenters. The van der Waals surface area contributed by atoms with Gasteiger partial charge in [0.05, 0.1) is 23.7 Å².